The summed E-state index contributed by atoms with van der Waals surface area (Å²) in [4.78, 5) is 0. The fourth-order valence-electron chi connectivity index (χ4n) is 0. The van der Waals surface area contributed by atoms with Crippen LogP contribution < -0.4 is 14.0 Å². The summed E-state index contributed by atoms with van der Waals surface area (Å²) in [5.41, 5.74) is 0. The van der Waals surface area contributed by atoms with Crippen LogP contribution in [0, 0.1) is 10.2 Å². The molecule has 0 aliphatic rings. The molecule has 0 aliphatic heterocycles. The van der Waals surface area contributed by atoms with Crippen molar-refractivity contribution in [3.63, 3.8) is 0 Å². The van der Waals surface area contributed by atoms with Gasteiger partial charge in [0.15, 0.2) is 0 Å². The van der Waals surface area contributed by atoms with Crippen LogP contribution in [-0.2, 0) is 0 Å². The topological polar surface area (TPSA) is 121 Å². The third-order valence-electron chi connectivity index (χ3n) is 0. The fraction of sp³-hybridized carbons (Fsp3) is 0. The average Bonchev–Trinajstić information content (AvgIpc) is 0.722. The van der Waals surface area contributed by atoms with Crippen LogP contribution in [0.2, 0.25) is 0 Å². The largest absolute Gasteiger partial charge is 0.412 e. The van der Waals surface area contributed by atoms with E-state index in [9.17, 15) is 0 Å². The summed E-state index contributed by atoms with van der Waals surface area (Å²) < 4.78 is 32.7. The molecular weight excluding hydrogens is 203 g/mol. The van der Waals surface area contributed by atoms with Crippen molar-refractivity contribution in [2.24, 2.45) is 0 Å². The Labute approximate surface area is 78.9 Å². The van der Waals surface area contributed by atoms with E-state index < -0.39 is 10.2 Å². The zero-order chi connectivity index (χ0) is 4.50. The second-order valence-electron chi connectivity index (χ2n) is 0.396. The van der Waals surface area contributed by atoms with Crippen LogP contribution in [-0.4, -0.2) is 55.6 Å². The molecule has 7 heteroatoms. The minimum absolute atomic E-state index is 0. The van der Waals surface area contributed by atoms with Crippen LogP contribution in [0.1, 0.15) is 0 Å². The van der Waals surface area contributed by atoms with E-state index in [2.05, 4.69) is 0 Å². The zero-order valence-electron chi connectivity index (χ0n) is 3.26. The summed E-state index contributed by atoms with van der Waals surface area (Å²) >= 11 is 0. The van der Waals surface area contributed by atoms with Crippen molar-refractivity contribution in [1.82, 2.24) is 0 Å². The van der Waals surface area contributed by atoms with Crippen molar-refractivity contribution in [3.8, 4) is 0 Å². The van der Waals surface area contributed by atoms with Crippen LogP contribution in [0.25, 0.3) is 0 Å². The molecule has 2 radical (unpaired) electrons. The number of halogens is 1. The van der Waals surface area contributed by atoms with Gasteiger partial charge < -0.3 is 5.48 Å². The average molecular weight is 206 g/mol. The minimum atomic E-state index is -4.69. The summed E-state index contributed by atoms with van der Waals surface area (Å²) in [5.74, 6) is 0. The Morgan fingerprint density at radius 3 is 1.14 bits per heavy atom. The maximum Gasteiger partial charge on any atom is 0.0777 e. The molecular formula is H3ClO5Sr. The minimum Gasteiger partial charge on any atom is -0.412 e. The molecule has 0 unspecified atom stereocenters. The molecule has 0 atom stereocenters. The van der Waals surface area contributed by atoms with Crippen molar-refractivity contribution in [3.05, 3.63) is 0 Å². The predicted molar refractivity (Wildman–Crippen MR) is 11.6 cm³/mol. The Hall–Kier alpha value is 1.57. The molecule has 0 bridgehead atoms. The van der Waals surface area contributed by atoms with Gasteiger partial charge in [-0.3, -0.25) is 0 Å². The summed E-state index contributed by atoms with van der Waals surface area (Å²) in [6.07, 6.45) is 0. The van der Waals surface area contributed by atoms with Crippen LogP contribution in [0.15, 0.2) is 0 Å². The third kappa shape index (κ3) is 95.2. The molecule has 0 fully saturated rings. The molecule has 0 rings (SSSR count). The van der Waals surface area contributed by atoms with Crippen LogP contribution in [0.3, 0.4) is 0 Å². The molecule has 42 valence electrons. The Balaban J connectivity index is -0.0000000800. The van der Waals surface area contributed by atoms with Gasteiger partial charge >= 0.3 is 0 Å². The zero-order valence-corrected chi connectivity index (χ0v) is 7.49. The molecule has 0 amide bonds. The summed E-state index contributed by atoms with van der Waals surface area (Å²) in [6, 6.07) is 0. The summed E-state index contributed by atoms with van der Waals surface area (Å²) in [7, 11) is -4.69. The van der Waals surface area contributed by atoms with Gasteiger partial charge in [-0.25, -0.2) is 0 Å². The molecule has 0 aromatic carbocycles. The first-order valence-corrected chi connectivity index (χ1v) is 1.90. The molecule has 0 saturated carbocycles. The van der Waals surface area contributed by atoms with Gasteiger partial charge in [0.2, 0.25) is 0 Å². The molecule has 0 aromatic rings. The predicted octanol–water partition coefficient (Wildman–Crippen LogP) is -5.33. The Morgan fingerprint density at radius 1 is 1.14 bits per heavy atom. The maximum absolute atomic E-state index is 8.60. The molecule has 0 aromatic heterocycles. The molecule has 3 N–H and O–H groups in total. The van der Waals surface area contributed by atoms with Gasteiger partial charge in [0.25, 0.3) is 0 Å². The Kier molecular flexibility index (Phi) is 12.9. The quantitative estimate of drug-likeness (QED) is 0.397. The van der Waals surface area contributed by atoms with Crippen LogP contribution >= 0.6 is 0 Å². The summed E-state index contributed by atoms with van der Waals surface area (Å²) in [5, 5.41) is 0. The van der Waals surface area contributed by atoms with Crippen molar-refractivity contribution >= 4 is 45.5 Å². The fourth-order valence-corrected chi connectivity index (χ4v) is 0. The van der Waals surface area contributed by atoms with E-state index in [-0.39, 0.29) is 51.0 Å². The second-order valence-corrected chi connectivity index (χ2v) is 1.19. The van der Waals surface area contributed by atoms with E-state index in [1.807, 2.05) is 0 Å². The Morgan fingerprint density at radius 2 is 1.14 bits per heavy atom. The monoisotopic (exact) mass is 206 g/mol. The van der Waals surface area contributed by atoms with Gasteiger partial charge in [-0.15, -0.1) is 0 Å². The maximum atomic E-state index is 8.60. The second kappa shape index (κ2) is 5.70. The van der Waals surface area contributed by atoms with Gasteiger partial charge in [0, 0.05) is 45.5 Å². The molecule has 5 nitrogen and oxygen atoms in total. The standard InChI is InChI=1S/ClHO4.H2O.Sr/c2-1(3,4)5;;/h(H,2,3,4,5);1H2;. The van der Waals surface area contributed by atoms with Crippen LogP contribution in [0.4, 0.5) is 0 Å². The van der Waals surface area contributed by atoms with E-state index in [1.165, 1.54) is 0 Å². The van der Waals surface area contributed by atoms with Gasteiger partial charge in [-0.1, -0.05) is 0 Å². The number of hydrogen-bond donors (Lipinski definition) is 1. The SMILES string of the molecule is O.[O-][Cl+3]([O-])([O-])O.[Sr]. The van der Waals surface area contributed by atoms with E-state index in [1.54, 1.807) is 0 Å². The number of hydrogen-bond acceptors (Lipinski definition) is 4. The van der Waals surface area contributed by atoms with Crippen molar-refractivity contribution in [2.45, 2.75) is 0 Å². The van der Waals surface area contributed by atoms with Crippen molar-refractivity contribution in [1.29, 1.82) is 0 Å². The molecule has 0 saturated heterocycles. The van der Waals surface area contributed by atoms with E-state index in [0.29, 0.717) is 0 Å². The third-order valence-corrected chi connectivity index (χ3v) is 0. The van der Waals surface area contributed by atoms with E-state index in [0.717, 1.165) is 0 Å². The molecule has 0 heterocycles. The molecule has 7 heavy (non-hydrogen) atoms. The number of rotatable bonds is 0. The smallest absolute Gasteiger partial charge is 0.0777 e. The van der Waals surface area contributed by atoms with Gasteiger partial charge in [-0.05, 0) is 0 Å². The van der Waals surface area contributed by atoms with Gasteiger partial charge in [0.1, 0.15) is 0 Å². The van der Waals surface area contributed by atoms with Gasteiger partial charge in [-0.2, -0.15) is 14.0 Å². The summed E-state index contributed by atoms with van der Waals surface area (Å²) in [6.45, 7) is 0. The first-order chi connectivity index (χ1) is 2.00. The van der Waals surface area contributed by atoms with Crippen molar-refractivity contribution < 1.29 is 34.4 Å². The first kappa shape index (κ1) is 15.8. The normalized spacial score (nSPS) is 8.57. The van der Waals surface area contributed by atoms with Crippen molar-refractivity contribution in [2.75, 3.05) is 0 Å². The van der Waals surface area contributed by atoms with E-state index in [4.69, 9.17) is 18.6 Å². The first-order valence-electron chi connectivity index (χ1n) is 0.632. The molecule has 0 spiro atoms. The van der Waals surface area contributed by atoms with Gasteiger partial charge in [0.05, 0.1) is 14.9 Å². The molecule has 0 aliphatic carbocycles. The van der Waals surface area contributed by atoms with E-state index >= 15 is 0 Å². The van der Waals surface area contributed by atoms with Crippen LogP contribution in [0.5, 0.6) is 0 Å². The Bertz CT molecular complexity index is 23.6.